The first-order valence-corrected chi connectivity index (χ1v) is 21.4. The van der Waals surface area contributed by atoms with E-state index >= 15 is 0 Å². The van der Waals surface area contributed by atoms with Crippen molar-refractivity contribution in [2.24, 2.45) is 5.92 Å². The van der Waals surface area contributed by atoms with Crippen molar-refractivity contribution < 1.29 is 21.6 Å². The van der Waals surface area contributed by atoms with E-state index in [2.05, 4.69) is 41.7 Å². The third-order valence-electron chi connectivity index (χ3n) is 9.27. The van der Waals surface area contributed by atoms with Gasteiger partial charge in [-0.3, -0.25) is 4.98 Å². The topological polar surface area (TPSA) is 96.9 Å². The molecule has 1 aliphatic rings. The summed E-state index contributed by atoms with van der Waals surface area (Å²) in [7, 11) is -9.24. The van der Waals surface area contributed by atoms with Crippen LogP contribution in [0.2, 0.25) is 0 Å². The van der Waals surface area contributed by atoms with Crippen molar-refractivity contribution in [3.63, 3.8) is 0 Å². The minimum Gasteiger partial charge on any atom is -0.493 e. The van der Waals surface area contributed by atoms with Gasteiger partial charge < -0.3 is 9.64 Å². The molecule has 0 amide bonds. The molecule has 1 aromatic heterocycles. The van der Waals surface area contributed by atoms with E-state index in [0.717, 1.165) is 62.8 Å². The molecule has 8 nitrogen and oxygen atoms in total. The van der Waals surface area contributed by atoms with Crippen molar-refractivity contribution in [1.82, 2.24) is 4.98 Å². The second kappa shape index (κ2) is 15.9. The van der Waals surface area contributed by atoms with Crippen LogP contribution in [0.1, 0.15) is 12.8 Å². The van der Waals surface area contributed by atoms with Crippen LogP contribution in [0, 0.1) is 5.92 Å². The molecule has 270 valence electrons. The lowest BCUT2D eigenvalue weighted by Crippen LogP contribution is -2.37. The molecule has 7 rings (SSSR count). The summed E-state index contributed by atoms with van der Waals surface area (Å²) in [5.74, 6) is 0.878. The van der Waals surface area contributed by atoms with Gasteiger partial charge in [-0.1, -0.05) is 80.4 Å². The van der Waals surface area contributed by atoms with Gasteiger partial charge in [0.25, 0.3) is 20.0 Å². The van der Waals surface area contributed by atoms with Crippen molar-refractivity contribution in [3.8, 4) is 28.0 Å². The van der Waals surface area contributed by atoms with E-state index in [1.807, 2.05) is 60.7 Å². The Balaban J connectivity index is 1.15. The highest BCUT2D eigenvalue weighted by molar-refractivity contribution is 9.10. The molecule has 53 heavy (non-hydrogen) atoms. The van der Waals surface area contributed by atoms with E-state index in [9.17, 15) is 16.8 Å². The van der Waals surface area contributed by atoms with Gasteiger partial charge in [-0.2, -0.15) is 3.71 Å². The molecule has 0 saturated carbocycles. The van der Waals surface area contributed by atoms with Crippen molar-refractivity contribution in [3.05, 3.63) is 155 Å². The Labute approximate surface area is 327 Å². The summed E-state index contributed by atoms with van der Waals surface area (Å²) < 4.78 is 66.1. The Bertz CT molecular complexity index is 2250. The number of hydrogen-bond donors (Lipinski definition) is 0. The van der Waals surface area contributed by atoms with Gasteiger partial charge >= 0.3 is 0 Å². The number of nitrogens with zero attached hydrogens (tertiary/aromatic N) is 3. The number of anilines is 2. The van der Waals surface area contributed by atoms with Crippen LogP contribution in [-0.4, -0.2) is 41.5 Å². The number of sulfonamides is 2. The smallest absolute Gasteiger partial charge is 0.277 e. The van der Waals surface area contributed by atoms with E-state index in [1.54, 1.807) is 48.8 Å². The van der Waals surface area contributed by atoms with Crippen LogP contribution in [-0.2, 0) is 20.0 Å². The molecule has 6 aromatic rings. The Hall–Kier alpha value is -4.49. The summed E-state index contributed by atoms with van der Waals surface area (Å²) in [6.45, 7) is 2.32. The number of hydrogen-bond acceptors (Lipinski definition) is 7. The van der Waals surface area contributed by atoms with Gasteiger partial charge in [0.05, 0.1) is 22.1 Å². The Morgan fingerprint density at radius 2 is 1.00 bits per heavy atom. The Morgan fingerprint density at radius 3 is 1.43 bits per heavy atom. The van der Waals surface area contributed by atoms with Crippen molar-refractivity contribution in [2.45, 2.75) is 22.6 Å². The normalized spacial score (nSPS) is 13.8. The van der Waals surface area contributed by atoms with Gasteiger partial charge in [-0.15, -0.1) is 0 Å². The molecular weight excluding hydrogens is 838 g/mol. The van der Waals surface area contributed by atoms with Crippen LogP contribution in [0.15, 0.2) is 165 Å². The molecule has 0 unspecified atom stereocenters. The second-order valence-electron chi connectivity index (χ2n) is 12.7. The minimum atomic E-state index is -4.62. The zero-order valence-electron chi connectivity index (χ0n) is 28.4. The predicted octanol–water partition coefficient (Wildman–Crippen LogP) is 9.82. The summed E-state index contributed by atoms with van der Waals surface area (Å²) in [6.07, 6.45) is 5.53. The fourth-order valence-corrected chi connectivity index (χ4v) is 10.5. The molecule has 1 aliphatic heterocycles. The van der Waals surface area contributed by atoms with E-state index in [0.29, 0.717) is 22.0 Å². The fraction of sp³-hybridized carbons (Fsp3) is 0.146. The summed E-state index contributed by atoms with van der Waals surface area (Å²) in [4.78, 5) is 6.12. The first-order valence-electron chi connectivity index (χ1n) is 17.0. The lowest BCUT2D eigenvalue weighted by Gasteiger charge is -2.33. The van der Waals surface area contributed by atoms with Crippen LogP contribution in [0.25, 0.3) is 22.3 Å². The molecule has 0 radical (unpaired) electrons. The third-order valence-corrected chi connectivity index (χ3v) is 14.5. The number of ether oxygens (including phenoxy) is 1. The first kappa shape index (κ1) is 36.9. The van der Waals surface area contributed by atoms with Gasteiger partial charge in [-0.25, -0.2) is 16.8 Å². The maximum Gasteiger partial charge on any atom is 0.277 e. The number of halogens is 2. The van der Waals surface area contributed by atoms with E-state index < -0.39 is 20.0 Å². The van der Waals surface area contributed by atoms with Gasteiger partial charge in [0, 0.05) is 40.1 Å². The monoisotopic (exact) mass is 871 g/mol. The average Bonchev–Trinajstić information content (AvgIpc) is 3.19. The highest BCUT2D eigenvalue weighted by atomic mass is 79.9. The molecule has 0 bridgehead atoms. The SMILES string of the molecule is O=S(=O)(c1ccc(-c2ccc(Br)cc2)cc1)N(c1ccc(OCC2CCN(c3ccncc3)CC2)cc1)S(=O)(=O)c1ccc(-c2ccc(Br)cc2)cc1. The standard InChI is InChI=1S/C41H35Br2N3O5S2/c42-35-9-1-31(2-10-35)33-5-17-40(18-6-33)52(47,48)46(53(49,50)41-19-7-34(8-20-41)32-3-11-36(43)12-4-32)38-13-15-39(16-14-38)51-29-30-23-27-45(28-24-30)37-21-25-44-26-22-37/h1-22,25-26,30H,23-24,27-29H2. The van der Waals surface area contributed by atoms with E-state index in [1.165, 1.54) is 36.4 Å². The quantitative estimate of drug-likeness (QED) is 0.128. The van der Waals surface area contributed by atoms with Crippen LogP contribution in [0.5, 0.6) is 5.75 Å². The van der Waals surface area contributed by atoms with Gasteiger partial charge in [0.1, 0.15) is 5.75 Å². The first-order chi connectivity index (χ1) is 25.6. The number of pyridine rings is 1. The van der Waals surface area contributed by atoms with Crippen molar-refractivity contribution >= 4 is 63.3 Å². The third kappa shape index (κ3) is 8.36. The molecule has 2 heterocycles. The van der Waals surface area contributed by atoms with Crippen LogP contribution in [0.4, 0.5) is 11.4 Å². The summed E-state index contributed by atoms with van der Waals surface area (Å²) in [6, 6.07) is 37.9. The molecule has 0 atom stereocenters. The molecule has 0 spiro atoms. The highest BCUT2D eigenvalue weighted by Gasteiger charge is 2.37. The highest BCUT2D eigenvalue weighted by Crippen LogP contribution is 2.34. The summed E-state index contributed by atoms with van der Waals surface area (Å²) >= 11 is 6.87. The predicted molar refractivity (Wildman–Crippen MR) is 217 cm³/mol. The van der Waals surface area contributed by atoms with Gasteiger partial charge in [0.15, 0.2) is 0 Å². The Morgan fingerprint density at radius 1 is 0.585 bits per heavy atom. The lowest BCUT2D eigenvalue weighted by atomic mass is 9.97. The van der Waals surface area contributed by atoms with Crippen molar-refractivity contribution in [1.29, 1.82) is 0 Å². The largest absolute Gasteiger partial charge is 0.493 e. The number of piperidine rings is 1. The summed E-state index contributed by atoms with van der Waals surface area (Å²) in [5, 5.41) is 0. The minimum absolute atomic E-state index is 0.0306. The maximum absolute atomic E-state index is 14.4. The Kier molecular flexibility index (Phi) is 11.0. The molecule has 5 aromatic carbocycles. The zero-order chi connectivity index (χ0) is 37.0. The summed E-state index contributed by atoms with van der Waals surface area (Å²) in [5.41, 5.74) is 4.49. The molecule has 0 N–H and O–H groups in total. The van der Waals surface area contributed by atoms with Crippen LogP contribution < -0.4 is 13.3 Å². The zero-order valence-corrected chi connectivity index (χ0v) is 33.2. The lowest BCUT2D eigenvalue weighted by molar-refractivity contribution is 0.223. The van der Waals surface area contributed by atoms with E-state index in [-0.39, 0.29) is 15.5 Å². The molecule has 12 heteroatoms. The van der Waals surface area contributed by atoms with Gasteiger partial charge in [0.2, 0.25) is 0 Å². The van der Waals surface area contributed by atoms with Crippen molar-refractivity contribution in [2.75, 3.05) is 28.3 Å². The molecule has 0 aliphatic carbocycles. The van der Waals surface area contributed by atoms with Gasteiger partial charge in [-0.05, 0) is 126 Å². The maximum atomic E-state index is 14.4. The number of aromatic nitrogens is 1. The number of rotatable bonds is 11. The average molecular weight is 874 g/mol. The molecule has 1 fully saturated rings. The molecular formula is C41H35Br2N3O5S2. The second-order valence-corrected chi connectivity index (χ2v) is 18.3. The fourth-order valence-electron chi connectivity index (χ4n) is 6.31. The van der Waals surface area contributed by atoms with E-state index in [4.69, 9.17) is 4.74 Å². The van der Waals surface area contributed by atoms with Crippen LogP contribution >= 0.6 is 31.9 Å². The molecule has 1 saturated heterocycles. The van der Waals surface area contributed by atoms with Crippen LogP contribution in [0.3, 0.4) is 0 Å². The number of benzene rings is 5.